The van der Waals surface area contributed by atoms with Crippen molar-refractivity contribution in [1.82, 2.24) is 5.32 Å². The normalized spacial score (nSPS) is 15.0. The first kappa shape index (κ1) is 17.2. The van der Waals surface area contributed by atoms with Gasteiger partial charge in [-0.1, -0.05) is 25.5 Å². The van der Waals surface area contributed by atoms with Crippen molar-refractivity contribution in [3.8, 4) is 5.75 Å². The molecule has 0 aromatic heterocycles. The Bertz CT molecular complexity index is 455. The van der Waals surface area contributed by atoms with Gasteiger partial charge in [-0.3, -0.25) is 9.88 Å². The second-order valence-corrected chi connectivity index (χ2v) is 7.38. The minimum atomic E-state index is -3.37. The van der Waals surface area contributed by atoms with Crippen LogP contribution in [0.15, 0.2) is 24.3 Å². The number of hydrogen-bond acceptors (Lipinski definition) is 5. The van der Waals surface area contributed by atoms with Gasteiger partial charge in [-0.15, -0.1) is 0 Å². The molecule has 0 aliphatic carbocycles. The molecule has 1 atom stereocenters. The number of unbranched alkanes of at least 4 members (excludes halogenated alkanes) is 1. The number of phenols is 1. The summed E-state index contributed by atoms with van der Waals surface area (Å²) in [5, 5.41) is 11.7. The number of aromatic hydroxyl groups is 1. The second kappa shape index (κ2) is 7.23. The number of phenolic OH excluding ortho intramolecular Hbond substituents is 1. The number of rotatable bonds is 8. The van der Waals surface area contributed by atoms with E-state index >= 15 is 0 Å². The smallest absolute Gasteiger partial charge is 0.354 e. The van der Waals surface area contributed by atoms with Crippen LogP contribution in [0.25, 0.3) is 0 Å². The predicted molar refractivity (Wildman–Crippen MR) is 80.0 cm³/mol. The van der Waals surface area contributed by atoms with Crippen molar-refractivity contribution in [3.63, 3.8) is 0 Å². The van der Waals surface area contributed by atoms with E-state index in [1.165, 1.54) is 14.2 Å². The van der Waals surface area contributed by atoms with Crippen LogP contribution in [-0.2, 0) is 18.9 Å². The second-order valence-electron chi connectivity index (χ2n) is 4.76. The Hall–Kier alpha value is -0.870. The topological polar surface area (TPSA) is 67.8 Å². The molecular formula is C14H24NO4P. The summed E-state index contributed by atoms with van der Waals surface area (Å²) >= 11 is 0. The molecule has 0 bridgehead atoms. The fourth-order valence-electron chi connectivity index (χ4n) is 2.09. The number of nitrogens with one attached hydrogen (secondary N) is 1. The van der Waals surface area contributed by atoms with Crippen LogP contribution in [0.3, 0.4) is 0 Å². The van der Waals surface area contributed by atoms with Gasteiger partial charge in [0.15, 0.2) is 0 Å². The Labute approximate surface area is 120 Å². The highest BCUT2D eigenvalue weighted by Crippen LogP contribution is 2.62. The van der Waals surface area contributed by atoms with Gasteiger partial charge in [0.2, 0.25) is 0 Å². The van der Waals surface area contributed by atoms with Gasteiger partial charge in [-0.25, -0.2) is 0 Å². The fourth-order valence-corrected chi connectivity index (χ4v) is 3.74. The van der Waals surface area contributed by atoms with Crippen molar-refractivity contribution in [1.29, 1.82) is 0 Å². The lowest BCUT2D eigenvalue weighted by Gasteiger charge is -2.36. The molecule has 0 amide bonds. The van der Waals surface area contributed by atoms with Crippen LogP contribution in [0.4, 0.5) is 0 Å². The third-order valence-corrected chi connectivity index (χ3v) is 5.93. The summed E-state index contributed by atoms with van der Waals surface area (Å²) in [6, 6.07) is 6.56. The van der Waals surface area contributed by atoms with Gasteiger partial charge in [0.25, 0.3) is 0 Å². The highest BCUT2D eigenvalue weighted by atomic mass is 31.2. The average molecular weight is 301 g/mol. The Kier molecular flexibility index (Phi) is 6.21. The maximum atomic E-state index is 12.9. The Morgan fingerprint density at radius 1 is 1.25 bits per heavy atom. The summed E-state index contributed by atoms with van der Waals surface area (Å²) in [4.78, 5) is 0. The van der Waals surface area contributed by atoms with Crippen molar-refractivity contribution in [2.24, 2.45) is 0 Å². The molecule has 0 heterocycles. The van der Waals surface area contributed by atoms with E-state index in [0.29, 0.717) is 6.54 Å². The molecule has 0 saturated carbocycles. The quantitative estimate of drug-likeness (QED) is 0.568. The van der Waals surface area contributed by atoms with Crippen molar-refractivity contribution in [3.05, 3.63) is 29.8 Å². The van der Waals surface area contributed by atoms with E-state index in [9.17, 15) is 9.67 Å². The molecule has 0 spiro atoms. The van der Waals surface area contributed by atoms with Crippen molar-refractivity contribution >= 4 is 7.60 Å². The highest BCUT2D eigenvalue weighted by Gasteiger charge is 2.47. The van der Waals surface area contributed by atoms with E-state index in [2.05, 4.69) is 12.2 Å². The van der Waals surface area contributed by atoms with Gasteiger partial charge in [-0.2, -0.15) is 0 Å². The zero-order valence-electron chi connectivity index (χ0n) is 12.5. The van der Waals surface area contributed by atoms with E-state index < -0.39 is 12.9 Å². The molecule has 1 aromatic carbocycles. The van der Waals surface area contributed by atoms with Gasteiger partial charge in [-0.05, 0) is 37.6 Å². The van der Waals surface area contributed by atoms with Crippen molar-refractivity contribution in [2.75, 3.05) is 20.8 Å². The molecule has 20 heavy (non-hydrogen) atoms. The number of hydrogen-bond donors (Lipinski definition) is 2. The molecule has 1 unspecified atom stereocenters. The lowest BCUT2D eigenvalue weighted by Crippen LogP contribution is -2.40. The molecule has 114 valence electrons. The van der Waals surface area contributed by atoms with E-state index in [1.807, 2.05) is 0 Å². The largest absolute Gasteiger partial charge is 0.508 e. The molecule has 6 heteroatoms. The third kappa shape index (κ3) is 3.41. The van der Waals surface area contributed by atoms with Crippen LogP contribution in [0.2, 0.25) is 0 Å². The molecule has 0 aliphatic rings. The molecule has 5 nitrogen and oxygen atoms in total. The monoisotopic (exact) mass is 301 g/mol. The SMILES string of the molecule is CCCCNC(C)(c1ccc(O)cc1)P(=O)(OC)OC. The summed E-state index contributed by atoms with van der Waals surface area (Å²) in [7, 11) is -0.614. The van der Waals surface area contributed by atoms with E-state index in [4.69, 9.17) is 9.05 Å². The fraction of sp³-hybridized carbons (Fsp3) is 0.571. The van der Waals surface area contributed by atoms with Gasteiger partial charge >= 0.3 is 7.60 Å². The summed E-state index contributed by atoms with van der Waals surface area (Å²) in [6.45, 7) is 4.58. The molecule has 1 aromatic rings. The van der Waals surface area contributed by atoms with E-state index in [0.717, 1.165) is 18.4 Å². The highest BCUT2D eigenvalue weighted by molar-refractivity contribution is 7.55. The van der Waals surface area contributed by atoms with E-state index in [1.54, 1.807) is 31.2 Å². The Morgan fingerprint density at radius 2 is 1.80 bits per heavy atom. The summed E-state index contributed by atoms with van der Waals surface area (Å²) in [5.41, 5.74) is 0.749. The van der Waals surface area contributed by atoms with Crippen molar-refractivity contribution in [2.45, 2.75) is 32.0 Å². The van der Waals surface area contributed by atoms with E-state index in [-0.39, 0.29) is 5.75 Å². The first-order chi connectivity index (χ1) is 9.43. The maximum Gasteiger partial charge on any atom is 0.354 e. The lowest BCUT2D eigenvalue weighted by molar-refractivity contribution is 0.234. The predicted octanol–water partition coefficient (Wildman–Crippen LogP) is 3.44. The maximum absolute atomic E-state index is 12.9. The van der Waals surface area contributed by atoms with Crippen LogP contribution in [0.1, 0.15) is 32.3 Å². The Morgan fingerprint density at radius 3 is 2.25 bits per heavy atom. The van der Waals surface area contributed by atoms with Gasteiger partial charge in [0, 0.05) is 14.2 Å². The molecular weight excluding hydrogens is 277 g/mol. The minimum absolute atomic E-state index is 0.161. The van der Waals surface area contributed by atoms with Crippen LogP contribution in [0.5, 0.6) is 5.75 Å². The summed E-state index contributed by atoms with van der Waals surface area (Å²) < 4.78 is 23.2. The average Bonchev–Trinajstić information content (AvgIpc) is 2.47. The molecule has 0 radical (unpaired) electrons. The summed E-state index contributed by atoms with van der Waals surface area (Å²) in [6.07, 6.45) is 1.99. The minimum Gasteiger partial charge on any atom is -0.508 e. The Balaban J connectivity index is 3.18. The first-order valence-corrected chi connectivity index (χ1v) is 8.24. The zero-order valence-corrected chi connectivity index (χ0v) is 13.4. The molecule has 2 N–H and O–H groups in total. The van der Waals surface area contributed by atoms with Crippen LogP contribution in [-0.4, -0.2) is 25.9 Å². The third-order valence-electron chi connectivity index (χ3n) is 3.46. The lowest BCUT2D eigenvalue weighted by atomic mass is 10.1. The molecule has 0 aliphatic heterocycles. The first-order valence-electron chi connectivity index (χ1n) is 6.69. The molecule has 1 rings (SSSR count). The molecule has 0 saturated heterocycles. The van der Waals surface area contributed by atoms with Gasteiger partial charge in [0.1, 0.15) is 11.0 Å². The van der Waals surface area contributed by atoms with Crippen LogP contribution >= 0.6 is 7.60 Å². The van der Waals surface area contributed by atoms with Gasteiger partial charge < -0.3 is 14.2 Å². The van der Waals surface area contributed by atoms with Gasteiger partial charge in [0.05, 0.1) is 0 Å². The van der Waals surface area contributed by atoms with Crippen LogP contribution in [0, 0.1) is 0 Å². The number of benzene rings is 1. The molecule has 0 fully saturated rings. The van der Waals surface area contributed by atoms with Crippen LogP contribution < -0.4 is 5.32 Å². The van der Waals surface area contributed by atoms with Crippen molar-refractivity contribution < 1.29 is 18.7 Å². The zero-order chi connectivity index (χ0) is 15.2. The summed E-state index contributed by atoms with van der Waals surface area (Å²) in [5.74, 6) is 0.161. The standard InChI is InChI=1S/C14H24NO4P/c1-5-6-11-15-14(2,20(17,18-3)19-4)12-7-9-13(16)10-8-12/h7-10,15-16H,5-6,11H2,1-4H3.